The molecular weight excluding hydrogens is 544 g/mol. The normalized spacial score (nSPS) is 11.1. The zero-order valence-electron chi connectivity index (χ0n) is 20.3. The van der Waals surface area contributed by atoms with Crippen molar-refractivity contribution in [3.63, 3.8) is 0 Å². The second-order valence-corrected chi connectivity index (χ2v) is 7.52. The molecule has 0 fully saturated rings. The summed E-state index contributed by atoms with van der Waals surface area (Å²) in [5.74, 6) is -3.45. The van der Waals surface area contributed by atoms with Crippen LogP contribution in [0.25, 0.3) is 0 Å². The Morgan fingerprint density at radius 3 is 2.36 bits per heavy atom. The number of hydrogen-bond acceptors (Lipinski definition) is 7. The number of carbonyl (C=O) groups excluding carboxylic acids is 1. The lowest BCUT2D eigenvalue weighted by molar-refractivity contribution is -0.192. The summed E-state index contributed by atoms with van der Waals surface area (Å²) in [6.07, 6.45) is -7.84. The first-order valence-electron chi connectivity index (χ1n) is 10.8. The lowest BCUT2D eigenvalue weighted by atomic mass is 10.1. The topological polar surface area (TPSA) is 187 Å². The van der Waals surface area contributed by atoms with Crippen LogP contribution in [0, 0.1) is 6.92 Å². The summed E-state index contributed by atoms with van der Waals surface area (Å²) in [5.41, 5.74) is 9.85. The molecule has 0 saturated heterocycles. The Labute approximate surface area is 216 Å². The Hall–Kier alpha value is -4.51. The summed E-state index contributed by atoms with van der Waals surface area (Å²) < 4.78 is 71.4. The molecule has 0 atom stereocenters. The number of amides is 1. The predicted octanol–water partition coefficient (Wildman–Crippen LogP) is 1.18. The van der Waals surface area contributed by atoms with Gasteiger partial charge in [0.1, 0.15) is 13.2 Å². The zero-order chi connectivity index (χ0) is 29.8. The highest BCUT2D eigenvalue weighted by Crippen LogP contribution is 2.29. The van der Waals surface area contributed by atoms with Gasteiger partial charge in [-0.25, -0.2) is 9.78 Å². The summed E-state index contributed by atoms with van der Waals surface area (Å²) in [5, 5.41) is 15.8. The minimum atomic E-state index is -5.08. The quantitative estimate of drug-likeness (QED) is 0.0921. The monoisotopic (exact) mass is 569 g/mol. The number of halogens is 6. The van der Waals surface area contributed by atoms with E-state index in [4.69, 9.17) is 26.2 Å². The molecule has 1 aromatic heterocycles. The Kier molecular flexibility index (Phi) is 12.0. The fourth-order valence-corrected chi connectivity index (χ4v) is 2.67. The Morgan fingerprint density at radius 1 is 1.15 bits per heavy atom. The smallest absolute Gasteiger partial charge is 0.475 e. The number of nitrogens with zero attached hydrogens (tertiary/aromatic N) is 3. The van der Waals surface area contributed by atoms with E-state index in [9.17, 15) is 35.9 Å². The molecule has 2 rings (SSSR count). The van der Waals surface area contributed by atoms with Crippen LogP contribution in [0.1, 0.15) is 16.8 Å². The molecule has 0 aliphatic heterocycles. The van der Waals surface area contributed by atoms with E-state index in [1.807, 2.05) is 0 Å². The highest BCUT2D eigenvalue weighted by molar-refractivity contribution is 5.76. The molecule has 39 heavy (non-hydrogen) atoms. The van der Waals surface area contributed by atoms with Crippen LogP contribution in [0.15, 0.2) is 40.4 Å². The number of benzene rings is 1. The second kappa shape index (κ2) is 14.4. The van der Waals surface area contributed by atoms with Gasteiger partial charge in [0.2, 0.25) is 11.9 Å². The van der Waals surface area contributed by atoms with Crippen molar-refractivity contribution in [2.75, 3.05) is 25.0 Å². The number of carboxylic acid groups (broad SMARTS) is 1. The number of alkyl halides is 6. The number of aryl methyl sites for hydroxylation is 1. The van der Waals surface area contributed by atoms with Gasteiger partial charge in [0.15, 0.2) is 5.82 Å². The number of carbonyl (C=O) groups is 2. The molecule has 216 valence electrons. The zero-order valence-corrected chi connectivity index (χ0v) is 20.3. The van der Waals surface area contributed by atoms with E-state index >= 15 is 0 Å². The Bertz CT molecular complexity index is 1210. The number of hydrogen-bond donors (Lipinski definition) is 5. The summed E-state index contributed by atoms with van der Waals surface area (Å²) >= 11 is 0. The molecule has 1 aromatic carbocycles. The van der Waals surface area contributed by atoms with Crippen LogP contribution in [0.5, 0.6) is 0 Å². The molecule has 0 bridgehead atoms. The van der Waals surface area contributed by atoms with Crippen molar-refractivity contribution in [1.82, 2.24) is 14.9 Å². The largest absolute Gasteiger partial charge is 0.490 e. The molecule has 0 radical (unpaired) electrons. The van der Waals surface area contributed by atoms with Gasteiger partial charge < -0.3 is 32.0 Å². The maximum Gasteiger partial charge on any atom is 0.490 e. The van der Waals surface area contributed by atoms with Crippen LogP contribution in [-0.4, -0.2) is 58.4 Å². The highest BCUT2D eigenvalue weighted by Gasteiger charge is 2.38. The number of anilines is 1. The van der Waals surface area contributed by atoms with Crippen LogP contribution in [-0.2, 0) is 33.6 Å². The van der Waals surface area contributed by atoms with Crippen molar-refractivity contribution < 1.29 is 45.9 Å². The van der Waals surface area contributed by atoms with E-state index in [0.717, 1.165) is 12.1 Å². The van der Waals surface area contributed by atoms with Gasteiger partial charge in [-0.15, -0.1) is 0 Å². The number of oxime groups is 1. The van der Waals surface area contributed by atoms with Crippen LogP contribution < -0.4 is 27.7 Å². The van der Waals surface area contributed by atoms with E-state index in [1.54, 1.807) is 13.0 Å². The first kappa shape index (κ1) is 32.5. The average molecular weight is 569 g/mol. The lowest BCUT2D eigenvalue weighted by Gasteiger charge is -2.13. The minimum Gasteiger partial charge on any atom is -0.475 e. The van der Waals surface area contributed by atoms with Gasteiger partial charge in [0, 0.05) is 18.4 Å². The predicted molar refractivity (Wildman–Crippen MR) is 125 cm³/mol. The lowest BCUT2D eigenvalue weighted by Crippen LogP contribution is -2.36. The molecule has 0 spiro atoms. The third-order valence-corrected chi connectivity index (χ3v) is 4.44. The Balaban J connectivity index is 0.000000956. The van der Waals surface area contributed by atoms with Gasteiger partial charge in [0.25, 0.3) is 5.56 Å². The van der Waals surface area contributed by atoms with Crippen molar-refractivity contribution in [1.29, 1.82) is 0 Å². The van der Waals surface area contributed by atoms with E-state index in [2.05, 4.69) is 20.8 Å². The average Bonchev–Trinajstić information content (AvgIpc) is 2.82. The highest BCUT2D eigenvalue weighted by atomic mass is 19.4. The number of rotatable bonds is 10. The van der Waals surface area contributed by atoms with Crippen molar-refractivity contribution >= 4 is 23.7 Å². The summed E-state index contributed by atoms with van der Waals surface area (Å²) in [6, 6.07) is 4.95. The van der Waals surface area contributed by atoms with E-state index in [-0.39, 0.29) is 44.4 Å². The summed E-state index contributed by atoms with van der Waals surface area (Å²) in [4.78, 5) is 42.4. The summed E-state index contributed by atoms with van der Waals surface area (Å²) in [6.45, 7) is 1.71. The van der Waals surface area contributed by atoms with E-state index in [1.165, 1.54) is 16.8 Å². The molecule has 12 nitrogen and oxygen atoms in total. The van der Waals surface area contributed by atoms with Gasteiger partial charge in [-0.05, 0) is 30.1 Å². The van der Waals surface area contributed by atoms with Gasteiger partial charge >= 0.3 is 18.3 Å². The van der Waals surface area contributed by atoms with Gasteiger partial charge in [-0.3, -0.25) is 14.2 Å². The van der Waals surface area contributed by atoms with Crippen molar-refractivity contribution in [2.45, 2.75) is 32.2 Å². The van der Waals surface area contributed by atoms with Gasteiger partial charge in [0.05, 0.1) is 12.1 Å². The minimum absolute atomic E-state index is 0.00790. The fraction of sp³-hybridized carbons (Fsp3) is 0.381. The molecule has 0 unspecified atom stereocenters. The van der Waals surface area contributed by atoms with Crippen LogP contribution in [0.3, 0.4) is 0 Å². The van der Waals surface area contributed by atoms with Crippen molar-refractivity contribution in [2.24, 2.45) is 16.6 Å². The molecule has 0 aliphatic rings. The molecule has 7 N–H and O–H groups in total. The van der Waals surface area contributed by atoms with Crippen LogP contribution in [0.4, 0.5) is 32.2 Å². The number of guanidine groups is 1. The molecule has 0 aliphatic carbocycles. The van der Waals surface area contributed by atoms with Gasteiger partial charge in [-0.2, -0.15) is 26.3 Å². The number of carboxylic acids is 1. The first-order chi connectivity index (χ1) is 18.0. The van der Waals surface area contributed by atoms with Crippen molar-refractivity contribution in [3.05, 3.63) is 57.6 Å². The number of aliphatic carboxylic acids is 1. The molecular formula is C21H25F6N7O5. The van der Waals surface area contributed by atoms with Crippen LogP contribution >= 0.6 is 0 Å². The number of nitrogens with two attached hydrogens (primary N) is 2. The van der Waals surface area contributed by atoms with Crippen LogP contribution in [0.2, 0.25) is 0 Å². The van der Waals surface area contributed by atoms with Gasteiger partial charge in [-0.1, -0.05) is 18.2 Å². The third-order valence-electron chi connectivity index (χ3n) is 4.44. The fourth-order valence-electron chi connectivity index (χ4n) is 2.67. The maximum atomic E-state index is 12.8. The van der Waals surface area contributed by atoms with E-state index < -0.39 is 35.4 Å². The maximum absolute atomic E-state index is 12.8. The number of nitrogens with one attached hydrogen (secondary N) is 2. The van der Waals surface area contributed by atoms with E-state index in [0.29, 0.717) is 11.3 Å². The Morgan fingerprint density at radius 2 is 1.79 bits per heavy atom. The molecule has 0 saturated carbocycles. The van der Waals surface area contributed by atoms with Crippen molar-refractivity contribution in [3.8, 4) is 0 Å². The molecule has 2 aromatic rings. The summed E-state index contributed by atoms with van der Waals surface area (Å²) in [7, 11) is 0. The SMILES string of the molecule is Cc1cnc(NCCc2cccc(C(F)(F)F)c2)c(=O)n1CC(=O)NCCON=C(N)N.O=C(O)C(F)(F)F. The first-order valence-corrected chi connectivity index (χ1v) is 10.8. The number of aromatic nitrogens is 2. The molecule has 18 heteroatoms. The third kappa shape index (κ3) is 12.1. The molecule has 1 amide bonds. The molecule has 1 heterocycles. The second-order valence-electron chi connectivity index (χ2n) is 7.52. The standard InChI is InChI=1S/C19H24F3N7O3.C2HF3O2/c1-12-10-27-16(26-6-5-13-3-2-4-14(9-13)19(20,21)22)17(31)29(12)11-15(30)25-7-8-32-28-18(23)24;3-2(4,5)1(6)7/h2-4,9-10H,5-8,11H2,1H3,(H,25,30)(H,26,27)(H4,23,24,28);(H,6,7).